The molecule has 0 spiro atoms. The minimum atomic E-state index is -0.347. The monoisotopic (exact) mass is 529 g/mol. The van der Waals surface area contributed by atoms with Crippen molar-refractivity contribution in [2.24, 2.45) is 0 Å². The SMILES string of the molecule is CCc1cccc2c(/C=C3\SC(=O)N(CCOc4ccccc4)C3=O)cn(CC(=O)NCc3ccco3)c12. The number of hydrogen-bond acceptors (Lipinski definition) is 6. The third-order valence-electron chi connectivity index (χ3n) is 6.23. The molecule has 2 aromatic carbocycles. The number of amides is 3. The third-order valence-corrected chi connectivity index (χ3v) is 7.14. The van der Waals surface area contributed by atoms with E-state index in [0.717, 1.165) is 40.2 Å². The Morgan fingerprint density at radius 3 is 2.68 bits per heavy atom. The van der Waals surface area contributed by atoms with Gasteiger partial charge in [0.05, 0.1) is 29.8 Å². The number of thioether (sulfide) groups is 1. The Kier molecular flexibility index (Phi) is 7.65. The molecule has 1 saturated heterocycles. The van der Waals surface area contributed by atoms with Crippen LogP contribution in [0.3, 0.4) is 0 Å². The van der Waals surface area contributed by atoms with Crippen LogP contribution in [0.25, 0.3) is 17.0 Å². The zero-order valence-corrected chi connectivity index (χ0v) is 21.7. The van der Waals surface area contributed by atoms with Crippen molar-refractivity contribution in [3.05, 3.63) is 94.9 Å². The maximum Gasteiger partial charge on any atom is 0.293 e. The van der Waals surface area contributed by atoms with E-state index >= 15 is 0 Å². The molecule has 0 saturated carbocycles. The first-order chi connectivity index (χ1) is 18.5. The van der Waals surface area contributed by atoms with Gasteiger partial charge in [0.25, 0.3) is 11.1 Å². The summed E-state index contributed by atoms with van der Waals surface area (Å²) in [6.07, 6.45) is 5.95. The Morgan fingerprint density at radius 2 is 1.92 bits per heavy atom. The summed E-state index contributed by atoms with van der Waals surface area (Å²) in [6, 6.07) is 18.8. The molecule has 9 heteroatoms. The van der Waals surface area contributed by atoms with Gasteiger partial charge in [0.2, 0.25) is 5.91 Å². The highest BCUT2D eigenvalue weighted by atomic mass is 32.2. The summed E-state index contributed by atoms with van der Waals surface area (Å²) >= 11 is 0.915. The van der Waals surface area contributed by atoms with Crippen LogP contribution >= 0.6 is 11.8 Å². The van der Waals surface area contributed by atoms with Crippen molar-refractivity contribution in [1.82, 2.24) is 14.8 Å². The van der Waals surface area contributed by atoms with E-state index in [1.807, 2.05) is 59.3 Å². The molecule has 5 rings (SSSR count). The van der Waals surface area contributed by atoms with E-state index in [1.54, 1.807) is 24.5 Å². The van der Waals surface area contributed by atoms with Crippen molar-refractivity contribution < 1.29 is 23.5 Å². The number of imide groups is 1. The number of carbonyl (C=O) groups is 3. The topological polar surface area (TPSA) is 93.8 Å². The van der Waals surface area contributed by atoms with E-state index in [9.17, 15) is 14.4 Å². The van der Waals surface area contributed by atoms with Gasteiger partial charge in [0.15, 0.2) is 0 Å². The molecule has 1 N–H and O–H groups in total. The number of rotatable bonds is 10. The van der Waals surface area contributed by atoms with Gasteiger partial charge in [-0.25, -0.2) is 0 Å². The van der Waals surface area contributed by atoms with Crippen LogP contribution in [-0.2, 0) is 29.1 Å². The zero-order valence-electron chi connectivity index (χ0n) is 20.9. The number of aryl methyl sites for hydroxylation is 1. The van der Waals surface area contributed by atoms with Crippen molar-refractivity contribution >= 4 is 45.8 Å². The largest absolute Gasteiger partial charge is 0.492 e. The Bertz CT molecular complexity index is 1490. The number of carbonyl (C=O) groups excluding carboxylic acids is 3. The number of furan rings is 1. The van der Waals surface area contributed by atoms with Gasteiger partial charge in [0, 0.05) is 17.1 Å². The van der Waals surface area contributed by atoms with E-state index in [0.29, 0.717) is 23.0 Å². The normalized spacial score (nSPS) is 14.6. The summed E-state index contributed by atoms with van der Waals surface area (Å²) in [5.74, 6) is 0.855. The Hall–Kier alpha value is -4.24. The van der Waals surface area contributed by atoms with Crippen LogP contribution in [0.1, 0.15) is 23.8 Å². The molecule has 4 aromatic rings. The van der Waals surface area contributed by atoms with Gasteiger partial charge in [-0.05, 0) is 54.1 Å². The summed E-state index contributed by atoms with van der Waals surface area (Å²) in [7, 11) is 0. The minimum absolute atomic E-state index is 0.111. The molecule has 3 heterocycles. The van der Waals surface area contributed by atoms with E-state index in [2.05, 4.69) is 12.2 Å². The van der Waals surface area contributed by atoms with E-state index in [1.165, 1.54) is 4.90 Å². The quantitative estimate of drug-likeness (QED) is 0.283. The first kappa shape index (κ1) is 25.4. The summed E-state index contributed by atoms with van der Waals surface area (Å²) in [5.41, 5.74) is 2.80. The number of ether oxygens (including phenoxy) is 1. The molecule has 1 aliphatic heterocycles. The predicted octanol–water partition coefficient (Wildman–Crippen LogP) is 5.23. The highest BCUT2D eigenvalue weighted by Gasteiger charge is 2.35. The van der Waals surface area contributed by atoms with Crippen LogP contribution < -0.4 is 10.1 Å². The molecule has 1 aliphatic rings. The Labute approximate surface area is 224 Å². The molecular weight excluding hydrogens is 502 g/mol. The van der Waals surface area contributed by atoms with Crippen molar-refractivity contribution in [3.8, 4) is 5.75 Å². The van der Waals surface area contributed by atoms with Crippen LogP contribution in [0, 0.1) is 0 Å². The molecule has 0 unspecified atom stereocenters. The number of nitrogens with one attached hydrogen (secondary N) is 1. The van der Waals surface area contributed by atoms with Crippen molar-refractivity contribution in [2.45, 2.75) is 26.4 Å². The van der Waals surface area contributed by atoms with Gasteiger partial charge in [-0.3, -0.25) is 19.3 Å². The van der Waals surface area contributed by atoms with Gasteiger partial charge in [-0.1, -0.05) is 43.3 Å². The Balaban J connectivity index is 1.34. The summed E-state index contributed by atoms with van der Waals surface area (Å²) in [4.78, 5) is 40.0. The fourth-order valence-corrected chi connectivity index (χ4v) is 5.26. The Morgan fingerprint density at radius 1 is 1.08 bits per heavy atom. The highest BCUT2D eigenvalue weighted by molar-refractivity contribution is 8.18. The maximum atomic E-state index is 13.1. The third kappa shape index (κ3) is 5.52. The molecular formula is C29H27N3O5S. The van der Waals surface area contributed by atoms with Gasteiger partial charge in [-0.2, -0.15) is 0 Å². The number of aromatic nitrogens is 1. The molecule has 194 valence electrons. The molecule has 0 atom stereocenters. The molecule has 0 radical (unpaired) electrons. The average molecular weight is 530 g/mol. The summed E-state index contributed by atoms with van der Waals surface area (Å²) in [5, 5.41) is 3.47. The lowest BCUT2D eigenvalue weighted by Crippen LogP contribution is -2.32. The molecule has 0 aliphatic carbocycles. The standard InChI is InChI=1S/C29H27N3O5S/c1-2-20-8-6-12-24-21(18-31(27(20)24)19-26(33)30-17-23-11-7-14-36-23)16-25-28(34)32(29(35)38-25)13-15-37-22-9-4-3-5-10-22/h3-12,14,16,18H,2,13,15,17,19H2,1H3,(H,30,33)/b25-16-. The van der Waals surface area contributed by atoms with Crippen LogP contribution in [-0.4, -0.2) is 39.7 Å². The lowest BCUT2D eigenvalue weighted by atomic mass is 10.1. The zero-order chi connectivity index (χ0) is 26.5. The van der Waals surface area contributed by atoms with Crippen LogP contribution in [0.5, 0.6) is 5.75 Å². The van der Waals surface area contributed by atoms with E-state index in [4.69, 9.17) is 9.15 Å². The average Bonchev–Trinajstić information content (AvgIpc) is 3.64. The second-order valence-electron chi connectivity index (χ2n) is 8.73. The molecule has 2 aromatic heterocycles. The first-order valence-corrected chi connectivity index (χ1v) is 13.2. The number of para-hydroxylation sites is 2. The second kappa shape index (κ2) is 11.4. The van der Waals surface area contributed by atoms with Crippen LogP contribution in [0.15, 0.2) is 82.4 Å². The van der Waals surface area contributed by atoms with Gasteiger partial charge in [0.1, 0.15) is 24.7 Å². The number of fused-ring (bicyclic) bond motifs is 1. The number of hydrogen-bond donors (Lipinski definition) is 1. The summed E-state index contributed by atoms with van der Waals surface area (Å²) in [6.45, 7) is 2.85. The van der Waals surface area contributed by atoms with Crippen molar-refractivity contribution in [3.63, 3.8) is 0 Å². The van der Waals surface area contributed by atoms with Gasteiger partial charge < -0.3 is 19.0 Å². The van der Waals surface area contributed by atoms with E-state index < -0.39 is 0 Å². The summed E-state index contributed by atoms with van der Waals surface area (Å²) < 4.78 is 12.9. The fraction of sp³-hybridized carbons (Fsp3) is 0.207. The molecule has 1 fully saturated rings. The molecule has 0 bridgehead atoms. The van der Waals surface area contributed by atoms with Gasteiger partial charge in [-0.15, -0.1) is 0 Å². The molecule has 8 nitrogen and oxygen atoms in total. The van der Waals surface area contributed by atoms with E-state index in [-0.39, 0.29) is 36.7 Å². The smallest absolute Gasteiger partial charge is 0.293 e. The highest BCUT2D eigenvalue weighted by Crippen LogP contribution is 2.34. The minimum Gasteiger partial charge on any atom is -0.492 e. The van der Waals surface area contributed by atoms with Crippen LogP contribution in [0.4, 0.5) is 4.79 Å². The maximum absolute atomic E-state index is 13.1. The van der Waals surface area contributed by atoms with Crippen molar-refractivity contribution in [2.75, 3.05) is 13.2 Å². The van der Waals surface area contributed by atoms with Crippen LogP contribution in [0.2, 0.25) is 0 Å². The predicted molar refractivity (Wildman–Crippen MR) is 146 cm³/mol. The number of nitrogens with zero attached hydrogens (tertiary/aromatic N) is 2. The lowest BCUT2D eigenvalue weighted by Gasteiger charge is -2.13. The lowest BCUT2D eigenvalue weighted by molar-refractivity contribution is -0.123. The molecule has 38 heavy (non-hydrogen) atoms. The van der Waals surface area contributed by atoms with Crippen molar-refractivity contribution in [1.29, 1.82) is 0 Å². The molecule has 3 amide bonds. The fourth-order valence-electron chi connectivity index (χ4n) is 4.41. The van der Waals surface area contributed by atoms with Gasteiger partial charge >= 0.3 is 0 Å². The first-order valence-electron chi connectivity index (χ1n) is 12.4. The number of benzene rings is 2. The second-order valence-corrected chi connectivity index (χ2v) is 9.72.